The Labute approximate surface area is 166 Å². The summed E-state index contributed by atoms with van der Waals surface area (Å²) in [5.74, 6) is -1.12. The van der Waals surface area contributed by atoms with Crippen LogP contribution in [0, 0.1) is 0 Å². The van der Waals surface area contributed by atoms with Gasteiger partial charge in [-0.05, 0) is 35.7 Å². The Balaban J connectivity index is 1.54. The van der Waals surface area contributed by atoms with E-state index in [-0.39, 0.29) is 17.9 Å². The fourth-order valence-electron chi connectivity index (χ4n) is 2.26. The van der Waals surface area contributed by atoms with Crippen molar-refractivity contribution in [2.45, 2.75) is 12.6 Å². The molecule has 0 atom stereocenters. The predicted octanol–water partition coefficient (Wildman–Crippen LogP) is 4.34. The van der Waals surface area contributed by atoms with E-state index in [4.69, 9.17) is 0 Å². The van der Waals surface area contributed by atoms with Gasteiger partial charge in [0.15, 0.2) is 0 Å². The maximum Gasteiger partial charge on any atom is 0.405 e. The number of carbonyl (C=O) groups excluding carboxylic acids is 2. The maximum absolute atomic E-state index is 12.2. The summed E-state index contributed by atoms with van der Waals surface area (Å²) in [5.41, 5.74) is 2.17. The maximum atomic E-state index is 12.2. The van der Waals surface area contributed by atoms with Crippen molar-refractivity contribution in [2.75, 3.05) is 11.9 Å². The van der Waals surface area contributed by atoms with E-state index >= 15 is 0 Å². The molecule has 0 aliphatic heterocycles. The number of thiazole rings is 1. The molecule has 0 spiro atoms. The van der Waals surface area contributed by atoms with E-state index in [0.717, 1.165) is 10.6 Å². The summed E-state index contributed by atoms with van der Waals surface area (Å²) in [6.45, 7) is -1.40. The van der Waals surface area contributed by atoms with Crippen molar-refractivity contribution in [2.24, 2.45) is 0 Å². The van der Waals surface area contributed by atoms with Crippen molar-refractivity contribution < 1.29 is 22.8 Å². The Morgan fingerprint density at radius 3 is 2.46 bits per heavy atom. The molecular formula is C18H14F3N3O2S2. The zero-order valence-electron chi connectivity index (χ0n) is 14.2. The number of hydrogen-bond acceptors (Lipinski definition) is 5. The van der Waals surface area contributed by atoms with Gasteiger partial charge in [0.2, 0.25) is 5.91 Å². The van der Waals surface area contributed by atoms with Crippen LogP contribution in [0.25, 0.3) is 10.6 Å². The van der Waals surface area contributed by atoms with Gasteiger partial charge in [-0.3, -0.25) is 9.59 Å². The van der Waals surface area contributed by atoms with Crippen LogP contribution in [0.1, 0.15) is 16.1 Å². The molecular weight excluding hydrogens is 411 g/mol. The molecule has 0 saturated heterocycles. The molecule has 28 heavy (non-hydrogen) atoms. The van der Waals surface area contributed by atoms with E-state index < -0.39 is 18.6 Å². The summed E-state index contributed by atoms with van der Waals surface area (Å²) in [6, 6.07) is 7.56. The first kappa shape index (κ1) is 20.0. The minimum absolute atomic E-state index is 0.0714. The largest absolute Gasteiger partial charge is 0.405 e. The lowest BCUT2D eigenvalue weighted by molar-refractivity contribution is -0.123. The molecule has 0 fully saturated rings. The van der Waals surface area contributed by atoms with Crippen molar-refractivity contribution >= 4 is 40.2 Å². The molecule has 3 rings (SSSR count). The summed E-state index contributed by atoms with van der Waals surface area (Å²) in [6.07, 6.45) is -4.38. The fourth-order valence-corrected chi connectivity index (χ4v) is 3.80. The van der Waals surface area contributed by atoms with E-state index in [1.165, 1.54) is 35.6 Å². The van der Waals surface area contributed by atoms with E-state index in [1.54, 1.807) is 16.7 Å². The molecule has 2 aromatic heterocycles. The molecule has 0 saturated carbocycles. The number of halogens is 3. The Morgan fingerprint density at radius 2 is 1.82 bits per heavy atom. The van der Waals surface area contributed by atoms with Gasteiger partial charge in [0, 0.05) is 27.6 Å². The molecule has 146 valence electrons. The molecule has 2 N–H and O–H groups in total. The number of carbonyl (C=O) groups is 2. The molecule has 0 unspecified atom stereocenters. The van der Waals surface area contributed by atoms with Crippen LogP contribution in [0.4, 0.5) is 18.9 Å². The summed E-state index contributed by atoms with van der Waals surface area (Å²) < 4.78 is 36.4. The van der Waals surface area contributed by atoms with E-state index in [9.17, 15) is 22.8 Å². The number of hydrogen-bond donors (Lipinski definition) is 2. The number of aromatic nitrogens is 1. The van der Waals surface area contributed by atoms with Crippen LogP contribution in [0.15, 0.2) is 46.5 Å². The van der Waals surface area contributed by atoms with Gasteiger partial charge in [-0.1, -0.05) is 0 Å². The molecule has 0 aliphatic rings. The van der Waals surface area contributed by atoms with Gasteiger partial charge in [-0.15, -0.1) is 11.3 Å². The highest BCUT2D eigenvalue weighted by molar-refractivity contribution is 7.14. The second kappa shape index (κ2) is 8.53. The van der Waals surface area contributed by atoms with Gasteiger partial charge in [0.1, 0.15) is 11.6 Å². The third-order valence-corrected chi connectivity index (χ3v) is 5.17. The molecule has 5 nitrogen and oxygen atoms in total. The zero-order chi connectivity index (χ0) is 20.1. The number of thiophene rings is 1. The van der Waals surface area contributed by atoms with Crippen LogP contribution >= 0.6 is 22.7 Å². The lowest BCUT2D eigenvalue weighted by atomic mass is 10.2. The Kier molecular flexibility index (Phi) is 6.10. The van der Waals surface area contributed by atoms with Crippen LogP contribution in [-0.4, -0.2) is 29.5 Å². The van der Waals surface area contributed by atoms with Gasteiger partial charge >= 0.3 is 6.18 Å². The monoisotopic (exact) mass is 425 g/mol. The average molecular weight is 425 g/mol. The number of anilines is 1. The Morgan fingerprint density at radius 1 is 1.07 bits per heavy atom. The van der Waals surface area contributed by atoms with Crippen molar-refractivity contribution in [3.63, 3.8) is 0 Å². The second-order valence-electron chi connectivity index (χ2n) is 5.76. The molecule has 1 aromatic carbocycles. The lowest BCUT2D eigenvalue weighted by Crippen LogP contribution is -2.33. The third-order valence-electron chi connectivity index (χ3n) is 3.54. The van der Waals surface area contributed by atoms with Gasteiger partial charge in [-0.25, -0.2) is 4.98 Å². The third kappa shape index (κ3) is 5.64. The summed E-state index contributed by atoms with van der Waals surface area (Å²) in [7, 11) is 0. The van der Waals surface area contributed by atoms with Crippen molar-refractivity contribution in [3.8, 4) is 10.6 Å². The molecule has 0 aliphatic carbocycles. The topological polar surface area (TPSA) is 71.1 Å². The Hall–Kier alpha value is -2.72. The van der Waals surface area contributed by atoms with Gasteiger partial charge < -0.3 is 10.6 Å². The lowest BCUT2D eigenvalue weighted by Gasteiger charge is -2.09. The van der Waals surface area contributed by atoms with Crippen LogP contribution in [0.2, 0.25) is 0 Å². The highest BCUT2D eigenvalue weighted by Crippen LogP contribution is 2.26. The first-order valence-electron chi connectivity index (χ1n) is 8.02. The average Bonchev–Trinajstić information content (AvgIpc) is 3.31. The fraction of sp³-hybridized carbons (Fsp3) is 0.167. The number of nitrogens with zero attached hydrogens (tertiary/aromatic N) is 1. The summed E-state index contributed by atoms with van der Waals surface area (Å²) in [4.78, 5) is 28.3. The van der Waals surface area contributed by atoms with Gasteiger partial charge in [0.05, 0.1) is 12.1 Å². The van der Waals surface area contributed by atoms with Gasteiger partial charge in [0.25, 0.3) is 5.91 Å². The number of nitrogens with one attached hydrogen (secondary N) is 2. The van der Waals surface area contributed by atoms with Crippen LogP contribution in [0.5, 0.6) is 0 Å². The van der Waals surface area contributed by atoms with Crippen molar-refractivity contribution in [3.05, 3.63) is 57.7 Å². The van der Waals surface area contributed by atoms with Crippen molar-refractivity contribution in [1.29, 1.82) is 0 Å². The van der Waals surface area contributed by atoms with E-state index in [1.807, 2.05) is 22.2 Å². The van der Waals surface area contributed by atoms with Crippen LogP contribution in [-0.2, 0) is 11.2 Å². The summed E-state index contributed by atoms with van der Waals surface area (Å²) in [5, 5.41) is 11.1. The minimum Gasteiger partial charge on any atom is -0.343 e. The number of rotatable bonds is 6. The normalized spacial score (nSPS) is 11.2. The number of amides is 2. The minimum atomic E-state index is -4.47. The molecule has 3 aromatic rings. The predicted molar refractivity (Wildman–Crippen MR) is 103 cm³/mol. The van der Waals surface area contributed by atoms with Gasteiger partial charge in [-0.2, -0.15) is 24.5 Å². The highest BCUT2D eigenvalue weighted by Gasteiger charge is 2.27. The first-order valence-corrected chi connectivity index (χ1v) is 9.84. The van der Waals surface area contributed by atoms with E-state index in [2.05, 4.69) is 10.3 Å². The molecule has 2 heterocycles. The second-order valence-corrected chi connectivity index (χ2v) is 7.39. The zero-order valence-corrected chi connectivity index (χ0v) is 15.9. The van der Waals surface area contributed by atoms with Crippen molar-refractivity contribution in [1.82, 2.24) is 10.3 Å². The van der Waals surface area contributed by atoms with Crippen LogP contribution in [0.3, 0.4) is 0 Å². The first-order chi connectivity index (χ1) is 13.3. The molecule has 10 heteroatoms. The number of benzene rings is 1. The quantitative estimate of drug-likeness (QED) is 0.617. The molecule has 0 radical (unpaired) electrons. The SMILES string of the molecule is O=C(Cc1csc(-c2ccsc2)n1)Nc1ccc(C(=O)NCC(F)(F)F)cc1. The number of alkyl halides is 3. The smallest absolute Gasteiger partial charge is 0.343 e. The van der Waals surface area contributed by atoms with Crippen LogP contribution < -0.4 is 10.6 Å². The standard InChI is InChI=1S/C18H14F3N3O2S2/c19-18(20,21)10-22-16(26)11-1-3-13(4-2-11)23-15(25)7-14-9-28-17(24-14)12-5-6-27-8-12/h1-6,8-9H,7,10H2,(H,22,26)(H,23,25). The molecule has 0 bridgehead atoms. The molecule has 2 amide bonds. The van der Waals surface area contributed by atoms with E-state index in [0.29, 0.717) is 11.4 Å². The summed E-state index contributed by atoms with van der Waals surface area (Å²) >= 11 is 3.03. The Bertz CT molecular complexity index is 951. The highest BCUT2D eigenvalue weighted by atomic mass is 32.1.